The van der Waals surface area contributed by atoms with Crippen molar-refractivity contribution in [3.8, 4) is 11.5 Å². The fraction of sp³-hybridized carbons (Fsp3) is 0.304. The van der Waals surface area contributed by atoms with Crippen molar-refractivity contribution in [2.24, 2.45) is 0 Å². The lowest BCUT2D eigenvalue weighted by Gasteiger charge is -2.25. The van der Waals surface area contributed by atoms with Gasteiger partial charge in [0.25, 0.3) is 10.8 Å². The highest BCUT2D eigenvalue weighted by Crippen LogP contribution is 2.28. The normalized spacial score (nSPS) is 15.1. The molecule has 3 aromatic heterocycles. The minimum absolute atomic E-state index is 0.151. The van der Waals surface area contributed by atoms with Crippen molar-refractivity contribution in [1.29, 1.82) is 0 Å². The minimum atomic E-state index is -3.56. The first-order valence-electron chi connectivity index (χ1n) is 11.0. The highest BCUT2D eigenvalue weighted by atomic mass is 32.2. The average Bonchev–Trinajstić information content (AvgIpc) is 3.33. The summed E-state index contributed by atoms with van der Waals surface area (Å²) in [6, 6.07) is 11.8. The van der Waals surface area contributed by atoms with Gasteiger partial charge in [0, 0.05) is 36.7 Å². The minimum Gasteiger partial charge on any atom is -0.411 e. The second-order valence-corrected chi connectivity index (χ2v) is 11.0. The molecule has 11 heteroatoms. The summed E-state index contributed by atoms with van der Waals surface area (Å²) in [6.07, 6.45) is 4.56. The van der Waals surface area contributed by atoms with Crippen LogP contribution in [-0.2, 0) is 15.8 Å². The van der Waals surface area contributed by atoms with E-state index in [0.717, 1.165) is 24.8 Å². The molecule has 176 valence electrons. The lowest BCUT2D eigenvalue weighted by Crippen LogP contribution is -2.35. The Morgan fingerprint density at radius 2 is 1.88 bits per heavy atom. The van der Waals surface area contributed by atoms with Crippen molar-refractivity contribution in [2.75, 3.05) is 13.1 Å². The molecule has 0 amide bonds. The maximum atomic E-state index is 13.0. The topological polar surface area (TPSA) is 111 Å². The van der Waals surface area contributed by atoms with Crippen LogP contribution < -0.4 is 5.56 Å². The molecule has 0 unspecified atom stereocenters. The molecule has 1 aliphatic heterocycles. The molecular weight excluding hydrogens is 474 g/mol. The number of benzene rings is 1. The van der Waals surface area contributed by atoms with Gasteiger partial charge in [-0.1, -0.05) is 30.3 Å². The number of fused-ring (bicyclic) bond motifs is 1. The molecule has 0 atom stereocenters. The maximum absolute atomic E-state index is 13.0. The summed E-state index contributed by atoms with van der Waals surface area (Å²) in [5.74, 6) is 0.616. The fourth-order valence-corrected chi connectivity index (χ4v) is 6.12. The van der Waals surface area contributed by atoms with Crippen LogP contribution >= 0.6 is 11.8 Å². The van der Waals surface area contributed by atoms with E-state index in [9.17, 15) is 13.2 Å². The van der Waals surface area contributed by atoms with Gasteiger partial charge >= 0.3 is 0 Å². The largest absolute Gasteiger partial charge is 0.411 e. The van der Waals surface area contributed by atoms with Crippen LogP contribution in [0.4, 0.5) is 0 Å². The first-order valence-corrected chi connectivity index (χ1v) is 13.4. The SMILES string of the molecule is Cc1ccc2nc(CSc3nnc(-c4cccc(S(=O)(=O)N5CCCCC5)c4)o3)cc(=O)n2c1. The Morgan fingerprint density at radius 3 is 2.71 bits per heavy atom. The summed E-state index contributed by atoms with van der Waals surface area (Å²) in [5.41, 5.74) is 2.54. The molecule has 0 N–H and O–H groups in total. The molecule has 34 heavy (non-hydrogen) atoms. The van der Waals surface area contributed by atoms with Crippen molar-refractivity contribution in [3.05, 3.63) is 70.3 Å². The lowest BCUT2D eigenvalue weighted by molar-refractivity contribution is 0.346. The smallest absolute Gasteiger partial charge is 0.277 e. The van der Waals surface area contributed by atoms with Crippen LogP contribution in [0.5, 0.6) is 0 Å². The Kier molecular flexibility index (Phi) is 6.24. The van der Waals surface area contributed by atoms with E-state index in [-0.39, 0.29) is 16.3 Å². The molecule has 1 aromatic carbocycles. The van der Waals surface area contributed by atoms with Crippen LogP contribution in [0.3, 0.4) is 0 Å². The summed E-state index contributed by atoms with van der Waals surface area (Å²) in [5, 5.41) is 8.45. The van der Waals surface area contributed by atoms with Crippen molar-refractivity contribution in [3.63, 3.8) is 0 Å². The molecule has 4 heterocycles. The van der Waals surface area contributed by atoms with Crippen LogP contribution in [-0.4, -0.2) is 45.4 Å². The quantitative estimate of drug-likeness (QED) is 0.372. The zero-order valence-corrected chi connectivity index (χ0v) is 20.2. The highest BCUT2D eigenvalue weighted by molar-refractivity contribution is 7.98. The molecule has 5 rings (SSSR count). The summed E-state index contributed by atoms with van der Waals surface area (Å²) >= 11 is 1.26. The van der Waals surface area contributed by atoms with Crippen LogP contribution in [0, 0.1) is 6.92 Å². The maximum Gasteiger partial charge on any atom is 0.277 e. The summed E-state index contributed by atoms with van der Waals surface area (Å²) < 4.78 is 34.8. The van der Waals surface area contributed by atoms with E-state index >= 15 is 0 Å². The van der Waals surface area contributed by atoms with Gasteiger partial charge in [-0.3, -0.25) is 9.20 Å². The molecule has 4 aromatic rings. The number of nitrogens with zero attached hydrogens (tertiary/aromatic N) is 5. The number of thioether (sulfide) groups is 1. The van der Waals surface area contributed by atoms with Crippen LogP contribution in [0.2, 0.25) is 0 Å². The van der Waals surface area contributed by atoms with Crippen LogP contribution in [0.25, 0.3) is 17.1 Å². The van der Waals surface area contributed by atoms with Gasteiger partial charge in [0.1, 0.15) is 5.65 Å². The second kappa shape index (κ2) is 9.32. The van der Waals surface area contributed by atoms with E-state index in [1.807, 2.05) is 13.0 Å². The average molecular weight is 498 g/mol. The Hall–Kier alpha value is -3.02. The first-order chi connectivity index (χ1) is 16.4. The summed E-state index contributed by atoms with van der Waals surface area (Å²) in [7, 11) is -3.56. The van der Waals surface area contributed by atoms with Gasteiger partial charge in [-0.2, -0.15) is 4.31 Å². The van der Waals surface area contributed by atoms with E-state index in [0.29, 0.717) is 41.0 Å². The van der Waals surface area contributed by atoms with Crippen molar-refractivity contribution >= 4 is 27.4 Å². The summed E-state index contributed by atoms with van der Waals surface area (Å²) in [6.45, 7) is 3.00. The van der Waals surface area contributed by atoms with Gasteiger partial charge in [0.15, 0.2) is 0 Å². The van der Waals surface area contributed by atoms with E-state index < -0.39 is 10.0 Å². The lowest BCUT2D eigenvalue weighted by atomic mass is 10.2. The second-order valence-electron chi connectivity index (χ2n) is 8.17. The molecule has 9 nitrogen and oxygen atoms in total. The van der Waals surface area contributed by atoms with E-state index in [1.54, 1.807) is 36.5 Å². The first kappa shape index (κ1) is 22.8. The molecule has 1 saturated heterocycles. The summed E-state index contributed by atoms with van der Waals surface area (Å²) in [4.78, 5) is 17.1. The predicted molar refractivity (Wildman–Crippen MR) is 128 cm³/mol. The van der Waals surface area contributed by atoms with Gasteiger partial charge in [-0.05, 0) is 49.6 Å². The highest BCUT2D eigenvalue weighted by Gasteiger charge is 2.26. The standard InChI is InChI=1S/C23H23N5O4S2/c1-16-8-9-20-24-18(13-21(29)28(20)14-16)15-33-23-26-25-22(32-23)17-6-5-7-19(12-17)34(30,31)27-10-3-2-4-11-27/h5-9,12-14H,2-4,10-11,15H2,1H3. The third-order valence-corrected chi connectivity index (χ3v) is 8.39. The number of piperidine rings is 1. The van der Waals surface area contributed by atoms with E-state index in [2.05, 4.69) is 15.2 Å². The molecule has 0 spiro atoms. The molecule has 0 radical (unpaired) electrons. The molecule has 0 saturated carbocycles. The predicted octanol–water partition coefficient (Wildman–Crippen LogP) is 3.52. The third-order valence-electron chi connectivity index (χ3n) is 5.64. The monoisotopic (exact) mass is 497 g/mol. The molecule has 1 aliphatic rings. The van der Waals surface area contributed by atoms with Gasteiger partial charge < -0.3 is 4.42 Å². The Balaban J connectivity index is 1.33. The molecule has 1 fully saturated rings. The Labute approximate surface area is 200 Å². The van der Waals surface area contributed by atoms with Crippen molar-refractivity contribution in [2.45, 2.75) is 42.1 Å². The van der Waals surface area contributed by atoms with E-state index in [4.69, 9.17) is 4.42 Å². The number of hydrogen-bond donors (Lipinski definition) is 0. The number of aryl methyl sites for hydroxylation is 1. The number of pyridine rings is 1. The van der Waals surface area contributed by atoms with Gasteiger partial charge in [-0.25, -0.2) is 13.4 Å². The molecule has 0 bridgehead atoms. The van der Waals surface area contributed by atoms with Crippen LogP contribution in [0.1, 0.15) is 30.5 Å². The van der Waals surface area contributed by atoms with Crippen molar-refractivity contribution in [1.82, 2.24) is 23.9 Å². The zero-order chi connectivity index (χ0) is 23.7. The number of sulfonamides is 1. The number of rotatable bonds is 6. The fourth-order valence-electron chi connectivity index (χ4n) is 3.90. The van der Waals surface area contributed by atoms with Crippen LogP contribution in [0.15, 0.2) is 68.0 Å². The molecular formula is C23H23N5O4S2. The third kappa shape index (κ3) is 4.63. The van der Waals surface area contributed by atoms with Gasteiger partial charge in [-0.15, -0.1) is 10.2 Å². The van der Waals surface area contributed by atoms with Gasteiger partial charge in [0.05, 0.1) is 10.6 Å². The van der Waals surface area contributed by atoms with Crippen molar-refractivity contribution < 1.29 is 12.8 Å². The van der Waals surface area contributed by atoms with Gasteiger partial charge in [0.2, 0.25) is 15.9 Å². The Morgan fingerprint density at radius 1 is 1.06 bits per heavy atom. The number of hydrogen-bond acceptors (Lipinski definition) is 8. The van der Waals surface area contributed by atoms with E-state index in [1.165, 1.54) is 26.5 Å². The molecule has 0 aliphatic carbocycles. The Bertz CT molecular complexity index is 1510. The zero-order valence-electron chi connectivity index (χ0n) is 18.5. The number of aromatic nitrogens is 4.